The fourth-order valence-corrected chi connectivity index (χ4v) is 2.10. The second-order valence-corrected chi connectivity index (χ2v) is 6.35. The van der Waals surface area contributed by atoms with E-state index in [2.05, 4.69) is 28.2 Å². The normalized spacial score (nSPS) is 13.1. The molecule has 1 aromatic carbocycles. The Morgan fingerprint density at radius 3 is 2.70 bits per heavy atom. The molecule has 0 aromatic heterocycles. The summed E-state index contributed by atoms with van der Waals surface area (Å²) in [6.45, 7) is 8.40. The number of carbonyl (C=O) groups is 1. The lowest BCUT2D eigenvalue weighted by Crippen LogP contribution is -2.31. The first-order chi connectivity index (χ1) is 9.27. The number of benzene rings is 1. The summed E-state index contributed by atoms with van der Waals surface area (Å²) in [6.07, 6.45) is 0. The summed E-state index contributed by atoms with van der Waals surface area (Å²) in [5.74, 6) is -0.146. The highest BCUT2D eigenvalue weighted by Crippen LogP contribution is 2.30. The van der Waals surface area contributed by atoms with E-state index < -0.39 is 11.4 Å². The van der Waals surface area contributed by atoms with E-state index in [9.17, 15) is 4.79 Å². The number of ether oxygens (including phenoxy) is 1. The van der Waals surface area contributed by atoms with Gasteiger partial charge in [-0.25, -0.2) is 0 Å². The number of carboxylic acid groups (broad SMARTS) is 1. The maximum absolute atomic E-state index is 11.1. The Labute approximate surface area is 128 Å². The van der Waals surface area contributed by atoms with Crippen LogP contribution in [0, 0.1) is 5.41 Å². The van der Waals surface area contributed by atoms with Crippen LogP contribution in [0.4, 0.5) is 0 Å². The number of nitrogens with one attached hydrogen (secondary N) is 1. The Morgan fingerprint density at radius 2 is 2.15 bits per heavy atom. The standard InChI is InChI=1S/C15H22BrNO3/c1-5-17-10(2)12-8-11(16)6-7-13(12)20-9-15(3,4)14(18)19/h6-8,10,17H,5,9H2,1-4H3,(H,18,19). The molecule has 0 saturated carbocycles. The molecule has 2 N–H and O–H groups in total. The van der Waals surface area contributed by atoms with Crippen molar-refractivity contribution in [2.24, 2.45) is 5.41 Å². The average molecular weight is 344 g/mol. The quantitative estimate of drug-likeness (QED) is 0.793. The fourth-order valence-electron chi connectivity index (χ4n) is 1.73. The summed E-state index contributed by atoms with van der Waals surface area (Å²) >= 11 is 3.45. The van der Waals surface area contributed by atoms with Gasteiger partial charge in [0.25, 0.3) is 0 Å². The van der Waals surface area contributed by atoms with Crippen molar-refractivity contribution in [3.63, 3.8) is 0 Å². The Balaban J connectivity index is 2.92. The SMILES string of the molecule is CCNC(C)c1cc(Br)ccc1OCC(C)(C)C(=O)O. The molecule has 1 rings (SSSR count). The summed E-state index contributed by atoms with van der Waals surface area (Å²) < 4.78 is 6.72. The largest absolute Gasteiger partial charge is 0.492 e. The predicted molar refractivity (Wildman–Crippen MR) is 83.1 cm³/mol. The summed E-state index contributed by atoms with van der Waals surface area (Å²) in [5, 5.41) is 12.5. The summed E-state index contributed by atoms with van der Waals surface area (Å²) in [6, 6.07) is 5.90. The molecule has 0 aliphatic rings. The molecule has 1 unspecified atom stereocenters. The van der Waals surface area contributed by atoms with Crippen molar-refractivity contribution in [2.45, 2.75) is 33.7 Å². The van der Waals surface area contributed by atoms with Crippen molar-refractivity contribution in [3.8, 4) is 5.75 Å². The molecule has 0 spiro atoms. The van der Waals surface area contributed by atoms with Gasteiger partial charge in [0, 0.05) is 16.1 Å². The van der Waals surface area contributed by atoms with Crippen LogP contribution >= 0.6 is 15.9 Å². The molecule has 0 aliphatic carbocycles. The van der Waals surface area contributed by atoms with Gasteiger partial charge in [0.2, 0.25) is 0 Å². The third kappa shape index (κ3) is 4.49. The first-order valence-electron chi connectivity index (χ1n) is 6.67. The number of hydrogen-bond acceptors (Lipinski definition) is 3. The van der Waals surface area contributed by atoms with Crippen LogP contribution in [0.5, 0.6) is 5.75 Å². The Hall–Kier alpha value is -1.07. The minimum absolute atomic E-state index is 0.135. The van der Waals surface area contributed by atoms with E-state index in [1.54, 1.807) is 13.8 Å². The number of hydrogen-bond donors (Lipinski definition) is 2. The number of carboxylic acids is 1. The van der Waals surface area contributed by atoms with E-state index in [1.807, 2.05) is 25.1 Å². The molecular formula is C15H22BrNO3. The van der Waals surface area contributed by atoms with Crippen molar-refractivity contribution >= 4 is 21.9 Å². The van der Waals surface area contributed by atoms with Gasteiger partial charge in [0.15, 0.2) is 0 Å². The van der Waals surface area contributed by atoms with Crippen LogP contribution in [-0.2, 0) is 4.79 Å². The van der Waals surface area contributed by atoms with Crippen LogP contribution in [0.25, 0.3) is 0 Å². The molecule has 1 atom stereocenters. The molecule has 4 nitrogen and oxygen atoms in total. The van der Waals surface area contributed by atoms with Crippen LogP contribution in [0.15, 0.2) is 22.7 Å². The van der Waals surface area contributed by atoms with Crippen LogP contribution in [0.1, 0.15) is 39.3 Å². The Bertz CT molecular complexity index is 474. The molecule has 1 aromatic rings. The summed E-state index contributed by atoms with van der Waals surface area (Å²) in [7, 11) is 0. The van der Waals surface area contributed by atoms with Crippen molar-refractivity contribution < 1.29 is 14.6 Å². The van der Waals surface area contributed by atoms with E-state index >= 15 is 0 Å². The lowest BCUT2D eigenvalue weighted by molar-refractivity contribution is -0.148. The highest BCUT2D eigenvalue weighted by atomic mass is 79.9. The van der Waals surface area contributed by atoms with Gasteiger partial charge >= 0.3 is 5.97 Å². The van der Waals surface area contributed by atoms with Crippen LogP contribution in [0.2, 0.25) is 0 Å². The summed E-state index contributed by atoms with van der Waals surface area (Å²) in [5.41, 5.74) is 0.105. The van der Waals surface area contributed by atoms with Gasteiger partial charge < -0.3 is 15.2 Å². The zero-order chi connectivity index (χ0) is 15.3. The predicted octanol–water partition coefficient (Wildman–Crippen LogP) is 3.61. The number of aliphatic carboxylic acids is 1. The van der Waals surface area contributed by atoms with Gasteiger partial charge in [-0.15, -0.1) is 0 Å². The van der Waals surface area contributed by atoms with Crippen molar-refractivity contribution in [1.29, 1.82) is 0 Å². The van der Waals surface area contributed by atoms with E-state index in [0.29, 0.717) is 0 Å². The topological polar surface area (TPSA) is 58.6 Å². The Morgan fingerprint density at radius 1 is 1.50 bits per heavy atom. The van der Waals surface area contributed by atoms with Crippen molar-refractivity contribution in [2.75, 3.05) is 13.2 Å². The van der Waals surface area contributed by atoms with E-state index in [0.717, 1.165) is 22.3 Å². The second kappa shape index (κ2) is 7.09. The molecule has 0 amide bonds. The van der Waals surface area contributed by atoms with Gasteiger partial charge in [0.1, 0.15) is 12.4 Å². The van der Waals surface area contributed by atoms with Crippen LogP contribution < -0.4 is 10.1 Å². The van der Waals surface area contributed by atoms with E-state index in [-0.39, 0.29) is 12.6 Å². The molecular weight excluding hydrogens is 322 g/mol. The van der Waals surface area contributed by atoms with Crippen molar-refractivity contribution in [3.05, 3.63) is 28.2 Å². The molecule has 0 bridgehead atoms. The maximum atomic E-state index is 11.1. The van der Waals surface area contributed by atoms with E-state index in [1.165, 1.54) is 0 Å². The molecule has 112 valence electrons. The molecule has 0 radical (unpaired) electrons. The number of rotatable bonds is 7. The molecule has 0 fully saturated rings. The molecule has 20 heavy (non-hydrogen) atoms. The second-order valence-electron chi connectivity index (χ2n) is 5.44. The zero-order valence-electron chi connectivity index (χ0n) is 12.4. The van der Waals surface area contributed by atoms with Crippen LogP contribution in [-0.4, -0.2) is 24.2 Å². The average Bonchev–Trinajstić information content (AvgIpc) is 2.37. The van der Waals surface area contributed by atoms with Crippen molar-refractivity contribution in [1.82, 2.24) is 5.32 Å². The maximum Gasteiger partial charge on any atom is 0.312 e. The third-order valence-electron chi connectivity index (χ3n) is 3.12. The molecule has 0 aliphatic heterocycles. The lowest BCUT2D eigenvalue weighted by atomic mass is 9.95. The number of halogens is 1. The monoisotopic (exact) mass is 343 g/mol. The first kappa shape index (κ1) is 17.0. The third-order valence-corrected chi connectivity index (χ3v) is 3.61. The van der Waals surface area contributed by atoms with E-state index in [4.69, 9.17) is 9.84 Å². The fraction of sp³-hybridized carbons (Fsp3) is 0.533. The highest BCUT2D eigenvalue weighted by Gasteiger charge is 2.28. The van der Waals surface area contributed by atoms with Gasteiger partial charge in [-0.3, -0.25) is 4.79 Å². The first-order valence-corrected chi connectivity index (χ1v) is 7.46. The minimum Gasteiger partial charge on any atom is -0.492 e. The minimum atomic E-state index is -0.911. The van der Waals surface area contributed by atoms with Gasteiger partial charge in [-0.2, -0.15) is 0 Å². The molecule has 5 heteroatoms. The summed E-state index contributed by atoms with van der Waals surface area (Å²) in [4.78, 5) is 11.1. The lowest BCUT2D eigenvalue weighted by Gasteiger charge is -2.23. The van der Waals surface area contributed by atoms with Gasteiger partial charge in [0.05, 0.1) is 5.41 Å². The molecule has 0 heterocycles. The zero-order valence-corrected chi connectivity index (χ0v) is 14.0. The van der Waals surface area contributed by atoms with Gasteiger partial charge in [-0.1, -0.05) is 22.9 Å². The highest BCUT2D eigenvalue weighted by molar-refractivity contribution is 9.10. The Kier molecular flexibility index (Phi) is 6.02. The smallest absolute Gasteiger partial charge is 0.312 e. The molecule has 0 saturated heterocycles. The van der Waals surface area contributed by atoms with Gasteiger partial charge in [-0.05, 0) is 45.5 Å². The van der Waals surface area contributed by atoms with Crippen LogP contribution in [0.3, 0.4) is 0 Å².